The normalized spacial score (nSPS) is 17.6. The molecule has 1 saturated heterocycles. The van der Waals surface area contributed by atoms with Crippen LogP contribution in [-0.4, -0.2) is 85.5 Å². The molecule has 1 fully saturated rings. The number of sulfonamides is 1. The number of aromatic nitrogens is 1. The number of piperidine rings is 1. The van der Waals surface area contributed by atoms with Gasteiger partial charge in [-0.3, -0.25) is 4.79 Å². The number of likely N-dealkylation sites (tertiary alicyclic amines) is 1. The van der Waals surface area contributed by atoms with Crippen molar-refractivity contribution in [2.24, 2.45) is 0 Å². The fourth-order valence-corrected chi connectivity index (χ4v) is 5.81. The van der Waals surface area contributed by atoms with Gasteiger partial charge in [-0.2, -0.15) is 0 Å². The van der Waals surface area contributed by atoms with Crippen LogP contribution in [-0.2, 0) is 16.4 Å². The second-order valence-electron chi connectivity index (χ2n) is 9.19. The Morgan fingerprint density at radius 3 is 2.54 bits per heavy atom. The number of benzene rings is 1. The average Bonchev–Trinajstić information content (AvgIpc) is 2.83. The fraction of sp³-hybridized carbons (Fsp3) is 0.500. The summed E-state index contributed by atoms with van der Waals surface area (Å²) in [5, 5.41) is 4.21. The van der Waals surface area contributed by atoms with Crippen LogP contribution in [0.15, 0.2) is 30.5 Å². The Kier molecular flexibility index (Phi) is 8.23. The minimum atomic E-state index is -3.16. The molecule has 2 aliphatic rings. The molecule has 0 spiro atoms. The molecule has 2 aliphatic heterocycles. The van der Waals surface area contributed by atoms with E-state index < -0.39 is 10.0 Å². The molecule has 1 N–H and O–H groups in total. The molecule has 1 aromatic heterocycles. The molecule has 0 saturated carbocycles. The van der Waals surface area contributed by atoms with E-state index in [0.29, 0.717) is 34.5 Å². The van der Waals surface area contributed by atoms with E-state index in [1.54, 1.807) is 31.4 Å². The van der Waals surface area contributed by atoms with Crippen molar-refractivity contribution in [1.82, 2.24) is 19.1 Å². The van der Waals surface area contributed by atoms with E-state index in [2.05, 4.69) is 15.2 Å². The number of fused-ring (bicyclic) bond motifs is 1. The highest BCUT2D eigenvalue weighted by Crippen LogP contribution is 2.30. The lowest BCUT2D eigenvalue weighted by atomic mass is 9.99. The van der Waals surface area contributed by atoms with Crippen LogP contribution in [0, 0.1) is 0 Å². The van der Waals surface area contributed by atoms with E-state index >= 15 is 0 Å². The molecule has 0 unspecified atom stereocenters. The van der Waals surface area contributed by atoms with Gasteiger partial charge in [0.2, 0.25) is 10.0 Å². The number of nitrogens with zero attached hydrogens (tertiary/aromatic N) is 4. The maximum Gasteiger partial charge on any atom is 0.254 e. The minimum absolute atomic E-state index is 0.0272. The Labute approximate surface area is 217 Å². The summed E-state index contributed by atoms with van der Waals surface area (Å²) in [6, 6.07) is 7.15. The molecule has 190 valence electrons. The zero-order valence-corrected chi connectivity index (χ0v) is 22.3. The van der Waals surface area contributed by atoms with Crippen LogP contribution in [0.4, 0.5) is 11.5 Å². The van der Waals surface area contributed by atoms with E-state index in [1.165, 1.54) is 10.6 Å². The van der Waals surface area contributed by atoms with Gasteiger partial charge in [-0.05, 0) is 69.6 Å². The molecule has 0 radical (unpaired) electrons. The predicted molar refractivity (Wildman–Crippen MR) is 140 cm³/mol. The maximum atomic E-state index is 13.2. The van der Waals surface area contributed by atoms with Gasteiger partial charge in [0, 0.05) is 49.2 Å². The molecule has 35 heavy (non-hydrogen) atoms. The number of halogens is 2. The Morgan fingerprint density at radius 1 is 1.11 bits per heavy atom. The third-order valence-electron chi connectivity index (χ3n) is 6.88. The zero-order valence-electron chi connectivity index (χ0n) is 20.0. The first kappa shape index (κ1) is 26.2. The Morgan fingerprint density at radius 2 is 1.86 bits per heavy atom. The van der Waals surface area contributed by atoms with Gasteiger partial charge in [0.05, 0.1) is 16.3 Å². The van der Waals surface area contributed by atoms with Gasteiger partial charge in [-0.15, -0.1) is 0 Å². The fourth-order valence-electron chi connectivity index (χ4n) is 4.76. The number of rotatable bonds is 8. The largest absolute Gasteiger partial charge is 0.340 e. The van der Waals surface area contributed by atoms with Crippen molar-refractivity contribution in [3.63, 3.8) is 0 Å². The first-order valence-electron chi connectivity index (χ1n) is 11.8. The lowest BCUT2D eigenvalue weighted by Gasteiger charge is -2.36. The van der Waals surface area contributed by atoms with Crippen LogP contribution in [0.5, 0.6) is 0 Å². The number of carbonyl (C=O) groups is 1. The zero-order chi connectivity index (χ0) is 25.2. The van der Waals surface area contributed by atoms with Crippen molar-refractivity contribution < 1.29 is 13.2 Å². The number of hydrogen-bond donors (Lipinski definition) is 1. The summed E-state index contributed by atoms with van der Waals surface area (Å²) >= 11 is 12.1. The highest BCUT2D eigenvalue weighted by Gasteiger charge is 2.29. The summed E-state index contributed by atoms with van der Waals surface area (Å²) < 4.78 is 25.0. The topological polar surface area (TPSA) is 85.8 Å². The number of anilines is 2. The van der Waals surface area contributed by atoms with Crippen LogP contribution in [0.25, 0.3) is 0 Å². The van der Waals surface area contributed by atoms with Gasteiger partial charge in [-0.25, -0.2) is 17.7 Å². The Bertz CT molecular complexity index is 1190. The van der Waals surface area contributed by atoms with Gasteiger partial charge in [0.25, 0.3) is 5.91 Å². The summed E-state index contributed by atoms with van der Waals surface area (Å²) in [5.74, 6) is 0.690. The Balaban J connectivity index is 1.30. The summed E-state index contributed by atoms with van der Waals surface area (Å²) in [7, 11) is -1.49. The van der Waals surface area contributed by atoms with Crippen LogP contribution in [0.1, 0.15) is 35.2 Å². The predicted octanol–water partition coefficient (Wildman–Crippen LogP) is 3.88. The molecular formula is C24H31Cl2N5O3S. The molecule has 11 heteroatoms. The smallest absolute Gasteiger partial charge is 0.254 e. The summed E-state index contributed by atoms with van der Waals surface area (Å²) in [4.78, 5) is 21.9. The lowest BCUT2D eigenvalue weighted by molar-refractivity contribution is 0.0728. The second-order valence-corrected chi connectivity index (χ2v) is 12.0. The summed E-state index contributed by atoms with van der Waals surface area (Å²) in [5.41, 5.74) is 2.36. The molecule has 1 aromatic carbocycles. The van der Waals surface area contributed by atoms with Crippen molar-refractivity contribution in [3.05, 3.63) is 51.6 Å². The van der Waals surface area contributed by atoms with Crippen molar-refractivity contribution >= 4 is 50.6 Å². The highest BCUT2D eigenvalue weighted by molar-refractivity contribution is 7.88. The molecule has 3 heterocycles. The Hall–Kier alpha value is -1.91. The number of amides is 1. The number of carbonyl (C=O) groups excluding carboxylic acids is 1. The van der Waals surface area contributed by atoms with E-state index in [1.807, 2.05) is 11.0 Å². The van der Waals surface area contributed by atoms with Crippen molar-refractivity contribution in [2.75, 3.05) is 51.3 Å². The summed E-state index contributed by atoms with van der Waals surface area (Å²) in [6.45, 7) is 3.98. The average molecular weight is 541 g/mol. The lowest BCUT2D eigenvalue weighted by Crippen LogP contribution is -2.46. The minimum Gasteiger partial charge on any atom is -0.340 e. The third-order valence-corrected chi connectivity index (χ3v) is 8.97. The van der Waals surface area contributed by atoms with Crippen LogP contribution in [0.3, 0.4) is 0 Å². The van der Waals surface area contributed by atoms with Crippen LogP contribution >= 0.6 is 23.2 Å². The SMILES string of the molecule is CN(C1CCN(CCCN2CCc3c(ccnc3Nc3ccc(Cl)c(Cl)c3)C2=O)CC1)S(C)(=O)=O. The monoisotopic (exact) mass is 539 g/mol. The van der Waals surface area contributed by atoms with Crippen molar-refractivity contribution in [3.8, 4) is 0 Å². The van der Waals surface area contributed by atoms with E-state index in [0.717, 1.165) is 56.6 Å². The second kappa shape index (κ2) is 11.0. The first-order valence-corrected chi connectivity index (χ1v) is 14.4. The first-order chi connectivity index (χ1) is 16.6. The van der Waals surface area contributed by atoms with E-state index in [9.17, 15) is 13.2 Å². The van der Waals surface area contributed by atoms with Crippen molar-refractivity contribution in [2.45, 2.75) is 31.7 Å². The van der Waals surface area contributed by atoms with Gasteiger partial charge in [-0.1, -0.05) is 23.2 Å². The molecular weight excluding hydrogens is 509 g/mol. The highest BCUT2D eigenvalue weighted by atomic mass is 35.5. The van der Waals surface area contributed by atoms with Gasteiger partial charge in [0.1, 0.15) is 5.82 Å². The van der Waals surface area contributed by atoms with E-state index in [4.69, 9.17) is 23.2 Å². The van der Waals surface area contributed by atoms with E-state index in [-0.39, 0.29) is 11.9 Å². The third kappa shape index (κ3) is 6.27. The van der Waals surface area contributed by atoms with Gasteiger partial charge < -0.3 is 15.1 Å². The molecule has 0 atom stereocenters. The van der Waals surface area contributed by atoms with Crippen LogP contribution in [0.2, 0.25) is 10.0 Å². The number of pyridine rings is 1. The molecule has 0 bridgehead atoms. The standard InChI is InChI=1S/C24H31Cl2N5O3S/c1-29(35(2,33)34)18-7-13-30(14-8-18)11-3-12-31-15-9-19-20(24(31)32)6-10-27-23(19)28-17-4-5-21(25)22(26)16-17/h4-6,10,16,18H,3,7-9,11-15H2,1-2H3,(H,27,28). The summed E-state index contributed by atoms with van der Waals surface area (Å²) in [6.07, 6.45) is 6.19. The number of nitrogens with one attached hydrogen (secondary N) is 1. The maximum absolute atomic E-state index is 13.2. The van der Waals surface area contributed by atoms with Gasteiger partial charge in [0.15, 0.2) is 0 Å². The quantitative estimate of drug-likeness (QED) is 0.547. The molecule has 8 nitrogen and oxygen atoms in total. The van der Waals surface area contributed by atoms with Gasteiger partial charge >= 0.3 is 0 Å². The van der Waals surface area contributed by atoms with Crippen LogP contribution < -0.4 is 5.32 Å². The molecule has 1 amide bonds. The molecule has 2 aromatic rings. The molecule has 0 aliphatic carbocycles. The number of hydrogen-bond acceptors (Lipinski definition) is 6. The van der Waals surface area contributed by atoms with Crippen molar-refractivity contribution in [1.29, 1.82) is 0 Å². The molecule has 4 rings (SSSR count).